The summed E-state index contributed by atoms with van der Waals surface area (Å²) < 4.78 is 14.2. The molecule has 0 fully saturated rings. The highest BCUT2D eigenvalue weighted by Gasteiger charge is 2.13. The number of aromatic nitrogens is 3. The van der Waals surface area contributed by atoms with Gasteiger partial charge in [-0.2, -0.15) is 0 Å². The van der Waals surface area contributed by atoms with Crippen molar-refractivity contribution in [2.45, 2.75) is 13.0 Å². The molecule has 0 saturated carbocycles. The summed E-state index contributed by atoms with van der Waals surface area (Å²) in [6, 6.07) is 2.90. The lowest BCUT2D eigenvalue weighted by Gasteiger charge is -2.02. The van der Waals surface area contributed by atoms with Crippen molar-refractivity contribution in [2.75, 3.05) is 0 Å². The molecule has 3 heterocycles. The molecule has 3 N–H and O–H groups in total. The molecule has 7 heteroatoms. The first-order valence-corrected chi connectivity index (χ1v) is 6.77. The first-order chi connectivity index (χ1) is 9.56. The van der Waals surface area contributed by atoms with E-state index in [1.807, 2.05) is 0 Å². The van der Waals surface area contributed by atoms with Crippen LogP contribution in [0.25, 0.3) is 20.7 Å². The van der Waals surface area contributed by atoms with E-state index in [9.17, 15) is 9.18 Å². The lowest BCUT2D eigenvalue weighted by Crippen LogP contribution is -2.16. The normalized spacial score (nSPS) is 12.8. The number of pyridine rings is 1. The highest BCUT2D eigenvalue weighted by molar-refractivity contribution is 7.22. The van der Waals surface area contributed by atoms with E-state index in [1.165, 1.54) is 17.5 Å². The van der Waals surface area contributed by atoms with Crippen LogP contribution in [-0.2, 0) is 0 Å². The third-order valence-corrected chi connectivity index (χ3v) is 4.03. The number of halogens is 1. The fourth-order valence-electron chi connectivity index (χ4n) is 1.88. The van der Waals surface area contributed by atoms with Gasteiger partial charge in [-0.05, 0) is 19.1 Å². The van der Waals surface area contributed by atoms with Crippen LogP contribution in [0.2, 0.25) is 0 Å². The van der Waals surface area contributed by atoms with Crippen LogP contribution in [0.4, 0.5) is 4.39 Å². The highest BCUT2D eigenvalue weighted by Crippen LogP contribution is 2.32. The first-order valence-electron chi connectivity index (χ1n) is 5.95. The molecule has 1 unspecified atom stereocenters. The van der Waals surface area contributed by atoms with E-state index in [2.05, 4.69) is 15.0 Å². The Morgan fingerprint density at radius 1 is 1.50 bits per heavy atom. The summed E-state index contributed by atoms with van der Waals surface area (Å²) in [5, 5.41) is 0. The van der Waals surface area contributed by atoms with E-state index in [-0.39, 0.29) is 11.6 Å². The van der Waals surface area contributed by atoms with Gasteiger partial charge >= 0.3 is 0 Å². The van der Waals surface area contributed by atoms with Gasteiger partial charge in [0.1, 0.15) is 16.3 Å². The van der Waals surface area contributed by atoms with Gasteiger partial charge in [-0.15, -0.1) is 11.3 Å². The second-order valence-corrected chi connectivity index (χ2v) is 5.47. The Hall–Kier alpha value is -2.12. The highest BCUT2D eigenvalue weighted by atomic mass is 32.1. The molecule has 0 aromatic carbocycles. The maximum absolute atomic E-state index is 13.7. The largest absolute Gasteiger partial charge is 0.322 e. The van der Waals surface area contributed by atoms with Gasteiger partial charge in [-0.1, -0.05) is 0 Å². The van der Waals surface area contributed by atoms with E-state index >= 15 is 0 Å². The number of H-pyrrole nitrogens is 1. The average molecular weight is 290 g/mol. The Morgan fingerprint density at radius 2 is 2.30 bits per heavy atom. The number of aromatic amines is 1. The van der Waals surface area contributed by atoms with E-state index < -0.39 is 5.82 Å². The third-order valence-electron chi connectivity index (χ3n) is 2.87. The molecule has 0 spiro atoms. The van der Waals surface area contributed by atoms with Gasteiger partial charge in [0.15, 0.2) is 0 Å². The summed E-state index contributed by atoms with van der Waals surface area (Å²) in [5.41, 5.74) is 6.39. The second-order valence-electron chi connectivity index (χ2n) is 4.42. The van der Waals surface area contributed by atoms with E-state index in [0.717, 1.165) is 6.20 Å². The van der Waals surface area contributed by atoms with E-state index in [0.29, 0.717) is 26.5 Å². The molecule has 0 aliphatic rings. The fourth-order valence-corrected chi connectivity index (χ4v) is 2.90. The van der Waals surface area contributed by atoms with Crippen molar-refractivity contribution in [3.63, 3.8) is 0 Å². The van der Waals surface area contributed by atoms with Gasteiger partial charge in [-0.3, -0.25) is 9.78 Å². The molecule has 20 heavy (non-hydrogen) atoms. The topological polar surface area (TPSA) is 84.7 Å². The van der Waals surface area contributed by atoms with Crippen molar-refractivity contribution in [1.29, 1.82) is 0 Å². The Balaban J connectivity index is 2.24. The predicted octanol–water partition coefficient (Wildman–Crippen LogP) is 2.21. The molecule has 0 amide bonds. The number of rotatable bonds is 2. The number of hydrogen-bond acceptors (Lipinski definition) is 5. The van der Waals surface area contributed by atoms with Crippen LogP contribution in [0.5, 0.6) is 0 Å². The standard InChI is InChI=1S/C13H11FN4OS/c1-6(15)12-17-9-4-10(20-11(9)13(19)18-12)7-2-3-16-5-8(7)14/h2-6H,15H2,1H3,(H,17,18,19). The minimum atomic E-state index is -0.428. The number of hydrogen-bond donors (Lipinski definition) is 2. The zero-order valence-electron chi connectivity index (χ0n) is 10.6. The quantitative estimate of drug-likeness (QED) is 0.757. The van der Waals surface area contributed by atoms with Crippen LogP contribution in [0.1, 0.15) is 18.8 Å². The SMILES string of the molecule is CC(N)c1nc2cc(-c3ccncc3F)sc2c(=O)[nH]1. The molecule has 0 aliphatic carbocycles. The van der Waals surface area contributed by atoms with Crippen LogP contribution >= 0.6 is 11.3 Å². The lowest BCUT2D eigenvalue weighted by molar-refractivity contribution is 0.625. The van der Waals surface area contributed by atoms with Gasteiger partial charge in [0.2, 0.25) is 0 Å². The van der Waals surface area contributed by atoms with Crippen molar-refractivity contribution in [1.82, 2.24) is 15.0 Å². The molecule has 5 nitrogen and oxygen atoms in total. The molecular weight excluding hydrogens is 279 g/mol. The molecule has 3 aromatic rings. The van der Waals surface area contributed by atoms with Crippen molar-refractivity contribution in [3.05, 3.63) is 46.5 Å². The lowest BCUT2D eigenvalue weighted by atomic mass is 10.2. The minimum absolute atomic E-state index is 0.256. The van der Waals surface area contributed by atoms with Crippen LogP contribution in [0, 0.1) is 5.82 Å². The second kappa shape index (κ2) is 4.77. The maximum Gasteiger partial charge on any atom is 0.268 e. The number of nitrogens with zero attached hydrogens (tertiary/aromatic N) is 2. The zero-order valence-corrected chi connectivity index (χ0v) is 11.4. The van der Waals surface area contributed by atoms with Gasteiger partial charge in [0.25, 0.3) is 5.56 Å². The van der Waals surface area contributed by atoms with Crippen LogP contribution < -0.4 is 11.3 Å². The molecule has 0 saturated heterocycles. The Kier molecular flexibility index (Phi) is 3.07. The van der Waals surface area contributed by atoms with Gasteiger partial charge < -0.3 is 10.7 Å². The smallest absolute Gasteiger partial charge is 0.268 e. The van der Waals surface area contributed by atoms with Crippen LogP contribution in [0.15, 0.2) is 29.3 Å². The van der Waals surface area contributed by atoms with Crippen molar-refractivity contribution in [2.24, 2.45) is 5.73 Å². The Labute approximate surface area is 117 Å². The van der Waals surface area contributed by atoms with Crippen molar-refractivity contribution >= 4 is 21.6 Å². The van der Waals surface area contributed by atoms with E-state index in [4.69, 9.17) is 5.73 Å². The molecule has 1 atom stereocenters. The summed E-state index contributed by atoms with van der Waals surface area (Å²) in [6.07, 6.45) is 2.65. The monoisotopic (exact) mass is 290 g/mol. The maximum atomic E-state index is 13.7. The number of thiophene rings is 1. The summed E-state index contributed by atoms with van der Waals surface area (Å²) >= 11 is 1.20. The predicted molar refractivity (Wildman–Crippen MR) is 76.0 cm³/mol. The number of nitrogens with two attached hydrogens (primary N) is 1. The minimum Gasteiger partial charge on any atom is -0.322 e. The summed E-state index contributed by atoms with van der Waals surface area (Å²) in [4.78, 5) is 23.3. The summed E-state index contributed by atoms with van der Waals surface area (Å²) in [7, 11) is 0. The van der Waals surface area contributed by atoms with Crippen molar-refractivity contribution in [3.8, 4) is 10.4 Å². The molecule has 3 aromatic heterocycles. The molecule has 0 aliphatic heterocycles. The molecule has 102 valence electrons. The Bertz CT molecular complexity index is 840. The Morgan fingerprint density at radius 3 is 3.00 bits per heavy atom. The molecule has 3 rings (SSSR count). The number of nitrogens with one attached hydrogen (secondary N) is 1. The number of fused-ring (bicyclic) bond motifs is 1. The molecule has 0 radical (unpaired) electrons. The van der Waals surface area contributed by atoms with E-state index in [1.54, 1.807) is 19.1 Å². The molecule has 0 bridgehead atoms. The van der Waals surface area contributed by atoms with Crippen LogP contribution in [-0.4, -0.2) is 15.0 Å². The summed E-state index contributed by atoms with van der Waals surface area (Å²) in [5.74, 6) is -0.00930. The average Bonchev–Trinajstić information content (AvgIpc) is 2.83. The van der Waals surface area contributed by atoms with Crippen molar-refractivity contribution < 1.29 is 4.39 Å². The van der Waals surface area contributed by atoms with Crippen LogP contribution in [0.3, 0.4) is 0 Å². The zero-order chi connectivity index (χ0) is 14.3. The van der Waals surface area contributed by atoms with Gasteiger partial charge in [0.05, 0.1) is 17.8 Å². The first kappa shape index (κ1) is 12.9. The van der Waals surface area contributed by atoms with Gasteiger partial charge in [0, 0.05) is 16.6 Å². The third kappa shape index (κ3) is 2.10. The summed E-state index contributed by atoms with van der Waals surface area (Å²) in [6.45, 7) is 1.74. The fraction of sp³-hybridized carbons (Fsp3) is 0.154. The van der Waals surface area contributed by atoms with Gasteiger partial charge in [-0.25, -0.2) is 9.37 Å². The molecular formula is C13H11FN4OS.